The monoisotopic (exact) mass is 1060 g/mol. The molecule has 10 heteroatoms. The summed E-state index contributed by atoms with van der Waals surface area (Å²) in [6.45, 7) is 3.66. The molecule has 0 aromatic heterocycles. The van der Waals surface area contributed by atoms with Crippen molar-refractivity contribution in [1.82, 2.24) is 0 Å². The normalized spacial score (nSPS) is 13.5. The van der Waals surface area contributed by atoms with Gasteiger partial charge in [-0.15, -0.1) is 0 Å². The van der Waals surface area contributed by atoms with E-state index >= 15 is 0 Å². The molecule has 0 aliphatic carbocycles. The van der Waals surface area contributed by atoms with Gasteiger partial charge in [-0.2, -0.15) is 0 Å². The fourth-order valence-electron chi connectivity index (χ4n) is 8.82. The van der Waals surface area contributed by atoms with Gasteiger partial charge >= 0.3 is 19.8 Å². The Morgan fingerprint density at radius 2 is 0.743 bits per heavy atom. The highest BCUT2D eigenvalue weighted by Gasteiger charge is 2.26. The zero-order valence-corrected chi connectivity index (χ0v) is 49.0. The van der Waals surface area contributed by atoms with Gasteiger partial charge in [-0.05, 0) is 64.2 Å². The molecule has 9 nitrogen and oxygen atoms in total. The van der Waals surface area contributed by atoms with E-state index in [0.717, 1.165) is 83.5 Å². The van der Waals surface area contributed by atoms with Crippen LogP contribution in [-0.4, -0.2) is 49.3 Å². The van der Waals surface area contributed by atoms with Gasteiger partial charge in [-0.3, -0.25) is 18.6 Å². The van der Waals surface area contributed by atoms with Crippen LogP contribution in [0.3, 0.4) is 0 Å². The number of allylic oxidation sites excluding steroid dienone is 12. The second-order valence-electron chi connectivity index (χ2n) is 20.6. The summed E-state index contributed by atoms with van der Waals surface area (Å²) in [7, 11) is -4.39. The number of hydrogen-bond acceptors (Lipinski definition) is 8. The SMILES string of the molecule is CC/C=C\C/C=C\C/C=C\C/C=C\C/C=C\C/C=C\CCCCCCCCCCC(=O)OC(COC(=O)CCCCCCCCCCCCCCCCCCCCCCCCCCCC)COP(=O)(O)OCCN. The average Bonchev–Trinajstić information content (AvgIpc) is 3.39. The molecule has 0 fully saturated rings. The van der Waals surface area contributed by atoms with Gasteiger partial charge in [0.25, 0.3) is 0 Å². The Morgan fingerprint density at radius 1 is 0.419 bits per heavy atom. The Hall–Kier alpha value is -2.55. The van der Waals surface area contributed by atoms with Crippen LogP contribution in [0.1, 0.15) is 290 Å². The molecule has 0 aliphatic heterocycles. The Morgan fingerprint density at radius 3 is 1.11 bits per heavy atom. The maximum absolute atomic E-state index is 12.7. The highest BCUT2D eigenvalue weighted by Crippen LogP contribution is 2.43. The molecule has 0 aromatic rings. The van der Waals surface area contributed by atoms with Gasteiger partial charge < -0.3 is 20.1 Å². The summed E-state index contributed by atoms with van der Waals surface area (Å²) in [6, 6.07) is 0. The van der Waals surface area contributed by atoms with Crippen LogP contribution in [0.25, 0.3) is 0 Å². The number of ether oxygens (including phenoxy) is 2. The Balaban J connectivity index is 3.96. The number of hydrogen-bond donors (Lipinski definition) is 2. The lowest BCUT2D eigenvalue weighted by molar-refractivity contribution is -0.161. The molecule has 74 heavy (non-hydrogen) atoms. The molecule has 0 aromatic carbocycles. The van der Waals surface area contributed by atoms with Crippen LogP contribution in [0, 0.1) is 0 Å². The number of carbonyl (C=O) groups excluding carboxylic acids is 2. The topological polar surface area (TPSA) is 134 Å². The third kappa shape index (κ3) is 58.7. The van der Waals surface area contributed by atoms with Crippen molar-refractivity contribution >= 4 is 19.8 Å². The van der Waals surface area contributed by atoms with E-state index in [4.69, 9.17) is 24.3 Å². The first kappa shape index (κ1) is 71.5. The van der Waals surface area contributed by atoms with Crippen LogP contribution in [0.5, 0.6) is 0 Å². The lowest BCUT2D eigenvalue weighted by Crippen LogP contribution is -2.29. The summed E-state index contributed by atoms with van der Waals surface area (Å²) < 4.78 is 33.1. The molecular weight excluding hydrogens is 942 g/mol. The lowest BCUT2D eigenvalue weighted by Gasteiger charge is -2.19. The molecule has 0 rings (SSSR count). The summed E-state index contributed by atoms with van der Waals surface area (Å²) in [5.74, 6) is -0.828. The highest BCUT2D eigenvalue weighted by molar-refractivity contribution is 7.47. The maximum Gasteiger partial charge on any atom is 0.472 e. The van der Waals surface area contributed by atoms with Crippen LogP contribution < -0.4 is 5.73 Å². The summed E-state index contributed by atoms with van der Waals surface area (Å²) >= 11 is 0. The first-order chi connectivity index (χ1) is 36.3. The molecule has 430 valence electrons. The third-order valence-corrected chi connectivity index (χ3v) is 14.3. The number of nitrogens with two attached hydrogens (primary N) is 1. The molecule has 0 heterocycles. The van der Waals surface area contributed by atoms with Gasteiger partial charge in [0.1, 0.15) is 6.61 Å². The summed E-state index contributed by atoms with van der Waals surface area (Å²) in [6.07, 6.45) is 76.8. The fourth-order valence-corrected chi connectivity index (χ4v) is 9.58. The van der Waals surface area contributed by atoms with Crippen molar-refractivity contribution in [2.24, 2.45) is 5.73 Å². The molecule has 0 radical (unpaired) electrons. The van der Waals surface area contributed by atoms with E-state index in [-0.39, 0.29) is 38.6 Å². The molecule has 0 aliphatic rings. The lowest BCUT2D eigenvalue weighted by atomic mass is 10.0. The van der Waals surface area contributed by atoms with E-state index in [2.05, 4.69) is 86.8 Å². The first-order valence-corrected chi connectivity index (χ1v) is 32.4. The van der Waals surface area contributed by atoms with Crippen LogP contribution in [0.15, 0.2) is 72.9 Å². The van der Waals surface area contributed by atoms with Gasteiger partial charge in [-0.25, -0.2) is 4.57 Å². The standard InChI is InChI=1S/C64H116NO8P/c1-3-5-7-9-11-13-15-17-19-21-23-25-27-29-31-33-35-37-39-41-43-45-47-49-51-53-55-57-64(67)73-62(61-72-74(68,69)71-59-58-65)60-70-63(66)56-54-52-50-48-46-44-42-40-38-36-34-32-30-28-26-24-22-20-18-16-14-12-10-8-6-4-2/h5,7,11,13,17,19,23,25,29,31,35,37,62H,3-4,6,8-10,12,14-16,18,20-22,24,26-28,30,32-34,36,38-61,65H2,1-2H3,(H,68,69)/b7-5-,13-11-,19-17-,25-23-,31-29-,37-35-. The van der Waals surface area contributed by atoms with Crippen molar-refractivity contribution in [3.05, 3.63) is 72.9 Å². The number of unbranched alkanes of at least 4 members (excludes halogenated alkanes) is 33. The maximum atomic E-state index is 12.7. The average molecular weight is 1060 g/mol. The van der Waals surface area contributed by atoms with Crippen LogP contribution in [0.4, 0.5) is 0 Å². The van der Waals surface area contributed by atoms with E-state index in [9.17, 15) is 19.0 Å². The predicted molar refractivity (Wildman–Crippen MR) is 316 cm³/mol. The van der Waals surface area contributed by atoms with E-state index in [1.54, 1.807) is 0 Å². The van der Waals surface area contributed by atoms with Crippen molar-refractivity contribution in [1.29, 1.82) is 0 Å². The number of phosphoric ester groups is 1. The van der Waals surface area contributed by atoms with Crippen molar-refractivity contribution < 1.29 is 37.6 Å². The van der Waals surface area contributed by atoms with Gasteiger partial charge in [0, 0.05) is 19.4 Å². The number of esters is 2. The highest BCUT2D eigenvalue weighted by atomic mass is 31.2. The Labute approximate surface area is 456 Å². The van der Waals surface area contributed by atoms with Crippen LogP contribution >= 0.6 is 7.82 Å². The predicted octanol–water partition coefficient (Wildman–Crippen LogP) is 19.7. The summed E-state index contributed by atoms with van der Waals surface area (Å²) in [5.41, 5.74) is 5.39. The van der Waals surface area contributed by atoms with E-state index in [1.165, 1.54) is 173 Å². The molecule has 0 bridgehead atoms. The van der Waals surface area contributed by atoms with Gasteiger partial charge in [0.2, 0.25) is 0 Å². The van der Waals surface area contributed by atoms with Crippen molar-refractivity contribution in [2.45, 2.75) is 296 Å². The van der Waals surface area contributed by atoms with Gasteiger partial charge in [0.05, 0.1) is 13.2 Å². The molecule has 2 unspecified atom stereocenters. The second-order valence-corrected chi connectivity index (χ2v) is 22.0. The van der Waals surface area contributed by atoms with E-state index in [0.29, 0.717) is 6.42 Å². The molecule has 0 spiro atoms. The van der Waals surface area contributed by atoms with Crippen LogP contribution in [0.2, 0.25) is 0 Å². The van der Waals surface area contributed by atoms with Gasteiger partial charge in [0.15, 0.2) is 6.10 Å². The molecule has 3 N–H and O–H groups in total. The zero-order chi connectivity index (χ0) is 53.8. The first-order valence-electron chi connectivity index (χ1n) is 30.9. The number of carbonyl (C=O) groups is 2. The minimum absolute atomic E-state index is 0.0503. The molecule has 0 saturated carbocycles. The van der Waals surface area contributed by atoms with Crippen molar-refractivity contribution in [3.63, 3.8) is 0 Å². The fraction of sp³-hybridized carbons (Fsp3) is 0.781. The Kier molecular flexibility index (Phi) is 57.6. The van der Waals surface area contributed by atoms with Crippen molar-refractivity contribution in [2.75, 3.05) is 26.4 Å². The smallest absolute Gasteiger partial charge is 0.462 e. The summed E-state index contributed by atoms with van der Waals surface area (Å²) in [5, 5.41) is 0. The molecule has 0 saturated heterocycles. The Bertz CT molecular complexity index is 1440. The molecule has 0 amide bonds. The number of rotatable bonds is 58. The second kappa shape index (κ2) is 59.7. The van der Waals surface area contributed by atoms with Crippen molar-refractivity contribution in [3.8, 4) is 0 Å². The van der Waals surface area contributed by atoms with Gasteiger partial charge in [-0.1, -0.05) is 286 Å². The minimum atomic E-state index is -4.39. The quantitative estimate of drug-likeness (QED) is 0.0264. The van der Waals surface area contributed by atoms with E-state index < -0.39 is 26.5 Å². The largest absolute Gasteiger partial charge is 0.472 e. The number of phosphoric acid groups is 1. The molecule has 2 atom stereocenters. The minimum Gasteiger partial charge on any atom is -0.462 e. The zero-order valence-electron chi connectivity index (χ0n) is 48.1. The third-order valence-electron chi connectivity index (χ3n) is 13.4. The summed E-state index contributed by atoms with van der Waals surface area (Å²) in [4.78, 5) is 35.3. The molecular formula is C64H116NO8P. The van der Waals surface area contributed by atoms with Crippen LogP contribution in [-0.2, 0) is 32.7 Å². The van der Waals surface area contributed by atoms with E-state index in [1.807, 2.05) is 0 Å².